The Kier molecular flexibility index (Phi) is 5.40. The van der Waals surface area contributed by atoms with Crippen LogP contribution in [0.5, 0.6) is 5.75 Å². The summed E-state index contributed by atoms with van der Waals surface area (Å²) < 4.78 is 6.00. The number of ether oxygens (including phenoxy) is 1. The van der Waals surface area contributed by atoms with Gasteiger partial charge < -0.3 is 10.5 Å². The van der Waals surface area contributed by atoms with Crippen molar-refractivity contribution in [3.63, 3.8) is 0 Å². The third-order valence-electron chi connectivity index (χ3n) is 3.91. The second-order valence-corrected chi connectivity index (χ2v) is 5.44. The first-order chi connectivity index (χ1) is 10.1. The maximum atomic E-state index is 6.32. The SMILES string of the molecule is CCc1ccc(C(N)C(C)Oc2cccc(CC)c2)cc1. The molecule has 2 aromatic carbocycles. The molecule has 2 unspecified atom stereocenters. The highest BCUT2D eigenvalue weighted by Crippen LogP contribution is 2.21. The van der Waals surface area contributed by atoms with Crippen molar-refractivity contribution in [1.29, 1.82) is 0 Å². The Morgan fingerprint density at radius 1 is 0.952 bits per heavy atom. The van der Waals surface area contributed by atoms with Crippen LogP contribution >= 0.6 is 0 Å². The Morgan fingerprint density at radius 2 is 1.62 bits per heavy atom. The van der Waals surface area contributed by atoms with Crippen molar-refractivity contribution in [1.82, 2.24) is 0 Å². The van der Waals surface area contributed by atoms with Gasteiger partial charge in [-0.15, -0.1) is 0 Å². The molecule has 2 rings (SSSR count). The molecule has 0 aliphatic heterocycles. The minimum Gasteiger partial charge on any atom is -0.489 e. The zero-order valence-electron chi connectivity index (χ0n) is 13.2. The zero-order chi connectivity index (χ0) is 15.2. The normalized spacial score (nSPS) is 13.7. The molecule has 2 aromatic rings. The summed E-state index contributed by atoms with van der Waals surface area (Å²) in [5.74, 6) is 0.891. The topological polar surface area (TPSA) is 35.2 Å². The molecular weight excluding hydrogens is 258 g/mol. The molecule has 0 fully saturated rings. The van der Waals surface area contributed by atoms with E-state index in [1.807, 2.05) is 19.1 Å². The van der Waals surface area contributed by atoms with Crippen LogP contribution < -0.4 is 10.5 Å². The molecule has 0 saturated carbocycles. The molecule has 2 N–H and O–H groups in total. The third-order valence-corrected chi connectivity index (χ3v) is 3.91. The molecule has 0 radical (unpaired) electrons. The Labute approximate surface area is 127 Å². The summed E-state index contributed by atoms with van der Waals surface area (Å²) in [7, 11) is 0. The molecule has 0 amide bonds. The lowest BCUT2D eigenvalue weighted by Gasteiger charge is -2.22. The van der Waals surface area contributed by atoms with Gasteiger partial charge in [-0.25, -0.2) is 0 Å². The van der Waals surface area contributed by atoms with Crippen molar-refractivity contribution in [2.24, 2.45) is 5.73 Å². The van der Waals surface area contributed by atoms with E-state index in [0.29, 0.717) is 0 Å². The zero-order valence-corrected chi connectivity index (χ0v) is 13.2. The summed E-state index contributed by atoms with van der Waals surface area (Å²) in [5.41, 5.74) is 10.0. The molecule has 0 heterocycles. The maximum absolute atomic E-state index is 6.32. The van der Waals surface area contributed by atoms with Crippen LogP contribution in [0.1, 0.15) is 43.5 Å². The largest absolute Gasteiger partial charge is 0.489 e. The van der Waals surface area contributed by atoms with E-state index in [2.05, 4.69) is 50.2 Å². The fraction of sp³-hybridized carbons (Fsp3) is 0.368. The van der Waals surface area contributed by atoms with Crippen LogP contribution in [-0.4, -0.2) is 6.10 Å². The van der Waals surface area contributed by atoms with Crippen LogP contribution in [0.3, 0.4) is 0 Å². The van der Waals surface area contributed by atoms with Crippen LogP contribution in [-0.2, 0) is 12.8 Å². The Bertz CT molecular complexity index is 562. The average molecular weight is 283 g/mol. The first kappa shape index (κ1) is 15.6. The van der Waals surface area contributed by atoms with Crippen LogP contribution in [0, 0.1) is 0 Å². The molecule has 0 spiro atoms. The highest BCUT2D eigenvalue weighted by atomic mass is 16.5. The molecule has 2 heteroatoms. The Balaban J connectivity index is 2.05. The van der Waals surface area contributed by atoms with E-state index in [0.717, 1.165) is 24.2 Å². The number of rotatable bonds is 6. The van der Waals surface area contributed by atoms with Gasteiger partial charge in [-0.1, -0.05) is 50.2 Å². The second-order valence-electron chi connectivity index (χ2n) is 5.44. The lowest BCUT2D eigenvalue weighted by molar-refractivity contribution is 0.190. The number of hydrogen-bond acceptors (Lipinski definition) is 2. The van der Waals surface area contributed by atoms with Crippen molar-refractivity contribution in [3.8, 4) is 5.75 Å². The van der Waals surface area contributed by atoms with Gasteiger partial charge in [0.25, 0.3) is 0 Å². The van der Waals surface area contributed by atoms with Crippen molar-refractivity contribution >= 4 is 0 Å². The number of hydrogen-bond donors (Lipinski definition) is 1. The maximum Gasteiger partial charge on any atom is 0.120 e. The van der Waals surface area contributed by atoms with Gasteiger partial charge >= 0.3 is 0 Å². The monoisotopic (exact) mass is 283 g/mol. The van der Waals surface area contributed by atoms with E-state index in [1.165, 1.54) is 11.1 Å². The van der Waals surface area contributed by atoms with E-state index in [-0.39, 0.29) is 12.1 Å². The first-order valence-electron chi connectivity index (χ1n) is 7.74. The molecular formula is C19H25NO. The molecule has 0 saturated heterocycles. The van der Waals surface area contributed by atoms with Crippen molar-refractivity contribution in [2.45, 2.75) is 45.8 Å². The lowest BCUT2D eigenvalue weighted by atomic mass is 10.0. The van der Waals surface area contributed by atoms with Gasteiger partial charge in [0.1, 0.15) is 11.9 Å². The van der Waals surface area contributed by atoms with Gasteiger partial charge in [-0.3, -0.25) is 0 Å². The Morgan fingerprint density at radius 3 is 2.24 bits per heavy atom. The molecule has 0 aromatic heterocycles. The predicted octanol–water partition coefficient (Wildman–Crippen LogP) is 4.28. The fourth-order valence-electron chi connectivity index (χ4n) is 2.37. The van der Waals surface area contributed by atoms with Gasteiger partial charge in [0.05, 0.1) is 6.04 Å². The van der Waals surface area contributed by atoms with Crippen molar-refractivity contribution in [2.75, 3.05) is 0 Å². The van der Waals surface area contributed by atoms with Crippen LogP contribution in [0.2, 0.25) is 0 Å². The van der Waals surface area contributed by atoms with Gasteiger partial charge in [0, 0.05) is 0 Å². The van der Waals surface area contributed by atoms with Gasteiger partial charge in [0.2, 0.25) is 0 Å². The predicted molar refractivity (Wildman–Crippen MR) is 88.7 cm³/mol. The third kappa shape index (κ3) is 4.08. The number of nitrogens with two attached hydrogens (primary N) is 1. The van der Waals surface area contributed by atoms with E-state index in [9.17, 15) is 0 Å². The van der Waals surface area contributed by atoms with Crippen molar-refractivity contribution < 1.29 is 4.74 Å². The van der Waals surface area contributed by atoms with Crippen LogP contribution in [0.4, 0.5) is 0 Å². The van der Waals surface area contributed by atoms with Crippen LogP contribution in [0.25, 0.3) is 0 Å². The molecule has 0 aliphatic carbocycles. The molecule has 2 atom stereocenters. The minimum absolute atomic E-state index is 0.0652. The molecule has 21 heavy (non-hydrogen) atoms. The highest BCUT2D eigenvalue weighted by Gasteiger charge is 2.16. The molecule has 2 nitrogen and oxygen atoms in total. The second kappa shape index (κ2) is 7.28. The van der Waals surface area contributed by atoms with Crippen LogP contribution in [0.15, 0.2) is 48.5 Å². The summed E-state index contributed by atoms with van der Waals surface area (Å²) in [4.78, 5) is 0. The number of aryl methyl sites for hydroxylation is 2. The first-order valence-corrected chi connectivity index (χ1v) is 7.74. The smallest absolute Gasteiger partial charge is 0.120 e. The summed E-state index contributed by atoms with van der Waals surface area (Å²) in [6.07, 6.45) is 1.99. The summed E-state index contributed by atoms with van der Waals surface area (Å²) in [6.45, 7) is 6.32. The summed E-state index contributed by atoms with van der Waals surface area (Å²) >= 11 is 0. The quantitative estimate of drug-likeness (QED) is 0.859. The highest BCUT2D eigenvalue weighted by molar-refractivity contribution is 5.30. The van der Waals surface area contributed by atoms with Gasteiger partial charge in [0.15, 0.2) is 0 Å². The van der Waals surface area contributed by atoms with E-state index in [4.69, 9.17) is 10.5 Å². The fourth-order valence-corrected chi connectivity index (χ4v) is 2.37. The Hall–Kier alpha value is -1.80. The summed E-state index contributed by atoms with van der Waals surface area (Å²) in [5, 5.41) is 0. The standard InChI is InChI=1S/C19H25NO/c1-4-15-9-11-17(12-10-15)19(20)14(3)21-18-8-6-7-16(5-2)13-18/h6-14,19H,4-5,20H2,1-3H3. The lowest BCUT2D eigenvalue weighted by Crippen LogP contribution is -2.28. The van der Waals surface area contributed by atoms with E-state index < -0.39 is 0 Å². The average Bonchev–Trinajstić information content (AvgIpc) is 2.54. The number of benzene rings is 2. The van der Waals surface area contributed by atoms with Crippen molar-refractivity contribution in [3.05, 3.63) is 65.2 Å². The molecule has 112 valence electrons. The van der Waals surface area contributed by atoms with E-state index in [1.54, 1.807) is 0 Å². The molecule has 0 aliphatic rings. The minimum atomic E-state index is -0.124. The van der Waals surface area contributed by atoms with Gasteiger partial charge in [-0.05, 0) is 48.6 Å². The molecule has 0 bridgehead atoms. The van der Waals surface area contributed by atoms with E-state index >= 15 is 0 Å². The summed E-state index contributed by atoms with van der Waals surface area (Å²) in [6, 6.07) is 16.6. The van der Waals surface area contributed by atoms with Gasteiger partial charge in [-0.2, -0.15) is 0 Å².